The van der Waals surface area contributed by atoms with Crippen LogP contribution in [0.2, 0.25) is 0 Å². The van der Waals surface area contributed by atoms with Crippen molar-refractivity contribution >= 4 is 28.5 Å². The maximum absolute atomic E-state index is 13.1. The van der Waals surface area contributed by atoms with Crippen LogP contribution in [-0.2, 0) is 4.84 Å². The van der Waals surface area contributed by atoms with Gasteiger partial charge in [0, 0.05) is 11.8 Å². The highest BCUT2D eigenvalue weighted by Gasteiger charge is 2.16. The van der Waals surface area contributed by atoms with Crippen molar-refractivity contribution in [2.75, 3.05) is 7.11 Å². The molecule has 96 valence electrons. The molecule has 1 N–H and O–H groups in total. The lowest BCUT2D eigenvalue weighted by Gasteiger charge is -2.00. The first-order chi connectivity index (χ1) is 9.15. The molecule has 0 aromatic carbocycles. The molecule has 8 heteroatoms. The maximum atomic E-state index is 13.1. The van der Waals surface area contributed by atoms with Crippen molar-refractivity contribution in [1.29, 1.82) is 5.26 Å². The van der Waals surface area contributed by atoms with Crippen LogP contribution >= 0.6 is 23.6 Å². The number of hydroxylamine groups is 1. The second kappa shape index (κ2) is 5.79. The first-order valence-corrected chi connectivity index (χ1v) is 6.23. The summed E-state index contributed by atoms with van der Waals surface area (Å²) < 4.78 is 13.1. The summed E-state index contributed by atoms with van der Waals surface area (Å²) in [6.45, 7) is 0. The number of pyridine rings is 1. The van der Waals surface area contributed by atoms with E-state index in [4.69, 9.17) is 22.3 Å². The highest BCUT2D eigenvalue weighted by molar-refractivity contribution is 7.81. The molecule has 0 spiro atoms. The fourth-order valence-electron chi connectivity index (χ4n) is 1.34. The Morgan fingerprint density at radius 2 is 2.37 bits per heavy atom. The molecule has 0 amide bonds. The highest BCUT2D eigenvalue weighted by Crippen LogP contribution is 2.28. The van der Waals surface area contributed by atoms with Gasteiger partial charge in [-0.25, -0.2) is 9.37 Å². The van der Waals surface area contributed by atoms with Gasteiger partial charge < -0.3 is 0 Å². The number of rotatable bonds is 3. The predicted octanol–water partition coefficient (Wildman–Crippen LogP) is 2.04. The van der Waals surface area contributed by atoms with Gasteiger partial charge in [-0.1, -0.05) is 12.2 Å². The standard InChI is InChI=1S/C11H7FN4OS2/c1-17-16-10(18)9-8(3-13)15-11(19-9)6-2-7(12)5-14-4-6/h2,4-5H,1H3,(H,16,18). The summed E-state index contributed by atoms with van der Waals surface area (Å²) in [6, 6.07) is 3.24. The van der Waals surface area contributed by atoms with E-state index in [-0.39, 0.29) is 10.7 Å². The lowest BCUT2D eigenvalue weighted by molar-refractivity contribution is 0.147. The van der Waals surface area contributed by atoms with Crippen LogP contribution in [-0.4, -0.2) is 22.1 Å². The van der Waals surface area contributed by atoms with Crippen molar-refractivity contribution in [2.45, 2.75) is 0 Å². The largest absolute Gasteiger partial charge is 0.279 e. The Bertz CT molecular complexity index is 665. The molecule has 0 saturated heterocycles. The SMILES string of the molecule is CONC(=S)c1sc(-c2cncc(F)c2)nc1C#N. The Labute approximate surface area is 117 Å². The molecule has 2 heterocycles. The number of halogens is 1. The minimum Gasteiger partial charge on any atom is -0.279 e. The first kappa shape index (κ1) is 13.5. The van der Waals surface area contributed by atoms with Crippen LogP contribution in [0.5, 0.6) is 0 Å². The smallest absolute Gasteiger partial charge is 0.162 e. The number of nitrogens with one attached hydrogen (secondary N) is 1. The Morgan fingerprint density at radius 1 is 1.58 bits per heavy atom. The molecule has 2 aromatic rings. The van der Waals surface area contributed by atoms with Crippen LogP contribution in [0.15, 0.2) is 18.5 Å². The van der Waals surface area contributed by atoms with E-state index in [0.29, 0.717) is 15.4 Å². The predicted molar refractivity (Wildman–Crippen MR) is 71.9 cm³/mol. The molecule has 2 aromatic heterocycles. The Kier molecular flexibility index (Phi) is 4.11. The number of thiocarbonyl (C=S) groups is 1. The van der Waals surface area contributed by atoms with Gasteiger partial charge in [0.25, 0.3) is 0 Å². The molecule has 0 saturated carbocycles. The van der Waals surface area contributed by atoms with Gasteiger partial charge in [-0.3, -0.25) is 15.3 Å². The zero-order chi connectivity index (χ0) is 13.8. The number of nitriles is 1. The molecule has 2 rings (SSSR count). The molecule has 19 heavy (non-hydrogen) atoms. The Morgan fingerprint density at radius 3 is 3.00 bits per heavy atom. The highest BCUT2D eigenvalue weighted by atomic mass is 32.1. The van der Waals surface area contributed by atoms with Gasteiger partial charge in [-0.15, -0.1) is 11.3 Å². The van der Waals surface area contributed by atoms with Crippen LogP contribution in [0.25, 0.3) is 10.6 Å². The van der Waals surface area contributed by atoms with E-state index in [1.165, 1.54) is 30.7 Å². The maximum Gasteiger partial charge on any atom is 0.162 e. The second-order valence-corrected chi connectivity index (χ2v) is 4.74. The van der Waals surface area contributed by atoms with E-state index in [1.54, 1.807) is 0 Å². The molecule has 0 aliphatic heterocycles. The van der Waals surface area contributed by atoms with Crippen molar-refractivity contribution < 1.29 is 9.23 Å². The molecular formula is C11H7FN4OS2. The first-order valence-electron chi connectivity index (χ1n) is 5.01. The molecule has 0 radical (unpaired) electrons. The van der Waals surface area contributed by atoms with Gasteiger partial charge in [0.05, 0.1) is 13.3 Å². The fourth-order valence-corrected chi connectivity index (χ4v) is 2.53. The average Bonchev–Trinajstić information content (AvgIpc) is 2.83. The fraction of sp³-hybridized carbons (Fsp3) is 0.0909. The van der Waals surface area contributed by atoms with Gasteiger partial charge >= 0.3 is 0 Å². The van der Waals surface area contributed by atoms with Crippen molar-refractivity contribution in [1.82, 2.24) is 15.4 Å². The number of aromatic nitrogens is 2. The van der Waals surface area contributed by atoms with Crippen LogP contribution in [0.1, 0.15) is 10.6 Å². The number of nitrogens with zero attached hydrogens (tertiary/aromatic N) is 3. The molecule has 0 unspecified atom stereocenters. The van der Waals surface area contributed by atoms with Crippen LogP contribution in [0, 0.1) is 17.1 Å². The lowest BCUT2D eigenvalue weighted by Crippen LogP contribution is -2.20. The van der Waals surface area contributed by atoms with Crippen molar-refractivity contribution in [3.8, 4) is 16.6 Å². The quantitative estimate of drug-likeness (QED) is 0.690. The van der Waals surface area contributed by atoms with Gasteiger partial charge in [0.1, 0.15) is 26.8 Å². The minimum atomic E-state index is -0.467. The van der Waals surface area contributed by atoms with Crippen LogP contribution < -0.4 is 5.48 Å². The van der Waals surface area contributed by atoms with Crippen molar-refractivity contribution in [3.05, 3.63) is 34.8 Å². The Balaban J connectivity index is 2.45. The molecule has 0 aliphatic carbocycles. The molecule has 0 fully saturated rings. The summed E-state index contributed by atoms with van der Waals surface area (Å²) in [5.41, 5.74) is 3.13. The van der Waals surface area contributed by atoms with Crippen molar-refractivity contribution in [2.24, 2.45) is 0 Å². The summed E-state index contributed by atoms with van der Waals surface area (Å²) in [7, 11) is 1.41. The van der Waals surface area contributed by atoms with Crippen LogP contribution in [0.4, 0.5) is 4.39 Å². The summed E-state index contributed by atoms with van der Waals surface area (Å²) in [5, 5.41) is 9.50. The lowest BCUT2D eigenvalue weighted by atomic mass is 10.3. The average molecular weight is 294 g/mol. The molecular weight excluding hydrogens is 287 g/mol. The van der Waals surface area contributed by atoms with Crippen molar-refractivity contribution in [3.63, 3.8) is 0 Å². The van der Waals surface area contributed by atoms with Crippen LogP contribution in [0.3, 0.4) is 0 Å². The van der Waals surface area contributed by atoms with Gasteiger partial charge in [0.2, 0.25) is 0 Å². The molecule has 0 bridgehead atoms. The minimum absolute atomic E-state index is 0.166. The second-order valence-electron chi connectivity index (χ2n) is 3.34. The van der Waals surface area contributed by atoms with E-state index < -0.39 is 5.82 Å². The zero-order valence-electron chi connectivity index (χ0n) is 9.68. The normalized spacial score (nSPS) is 9.95. The van der Waals surface area contributed by atoms with E-state index in [2.05, 4.69) is 15.4 Å². The summed E-state index contributed by atoms with van der Waals surface area (Å²) >= 11 is 6.23. The summed E-state index contributed by atoms with van der Waals surface area (Å²) in [5.74, 6) is -0.467. The van der Waals surface area contributed by atoms with E-state index in [1.807, 2.05) is 6.07 Å². The molecule has 5 nitrogen and oxygen atoms in total. The number of thiazole rings is 1. The van der Waals surface area contributed by atoms with Gasteiger partial charge in [0.15, 0.2) is 5.69 Å². The Hall–Kier alpha value is -1.95. The molecule has 0 aliphatic rings. The van der Waals surface area contributed by atoms with E-state index >= 15 is 0 Å². The topological polar surface area (TPSA) is 70.8 Å². The van der Waals surface area contributed by atoms with Gasteiger partial charge in [-0.05, 0) is 6.07 Å². The third-order valence-electron chi connectivity index (χ3n) is 2.09. The van der Waals surface area contributed by atoms with E-state index in [9.17, 15) is 4.39 Å². The zero-order valence-corrected chi connectivity index (χ0v) is 11.3. The number of hydrogen-bond acceptors (Lipinski definition) is 6. The third kappa shape index (κ3) is 2.90. The summed E-state index contributed by atoms with van der Waals surface area (Å²) in [6.07, 6.45) is 2.57. The van der Waals surface area contributed by atoms with E-state index in [0.717, 1.165) is 6.20 Å². The van der Waals surface area contributed by atoms with Gasteiger partial charge in [-0.2, -0.15) is 5.26 Å². The monoisotopic (exact) mass is 294 g/mol. The third-order valence-corrected chi connectivity index (χ3v) is 3.62. The number of hydrogen-bond donors (Lipinski definition) is 1. The summed E-state index contributed by atoms with van der Waals surface area (Å²) in [4.78, 5) is 13.3. The molecule has 0 atom stereocenters.